The molecule has 1 aliphatic carbocycles. The lowest BCUT2D eigenvalue weighted by Crippen LogP contribution is -2.63. The molecule has 1 N–H and O–H groups in total. The van der Waals surface area contributed by atoms with Gasteiger partial charge in [0.15, 0.2) is 0 Å². The van der Waals surface area contributed by atoms with Gasteiger partial charge in [0.05, 0.1) is 18.1 Å². The van der Waals surface area contributed by atoms with E-state index < -0.39 is 5.54 Å². The molecule has 6 heteroatoms. The highest BCUT2D eigenvalue weighted by atomic mass is 16.5. The normalized spacial score (nSPS) is 20.0. The van der Waals surface area contributed by atoms with Gasteiger partial charge in [0.1, 0.15) is 0 Å². The molecule has 1 fully saturated rings. The van der Waals surface area contributed by atoms with Crippen LogP contribution in [0.4, 0.5) is 0 Å². The fraction of sp³-hybridized carbons (Fsp3) is 0.680. The third kappa shape index (κ3) is 5.29. The predicted molar refractivity (Wildman–Crippen MR) is 121 cm³/mol. The largest absolute Gasteiger partial charge is 0.383 e. The molecule has 0 bridgehead atoms. The van der Waals surface area contributed by atoms with E-state index in [1.807, 2.05) is 29.2 Å². The van der Waals surface area contributed by atoms with Crippen LogP contribution in [0.1, 0.15) is 80.1 Å². The third-order valence-corrected chi connectivity index (χ3v) is 6.73. The van der Waals surface area contributed by atoms with Gasteiger partial charge in [-0.25, -0.2) is 0 Å². The van der Waals surface area contributed by atoms with Gasteiger partial charge in [0, 0.05) is 39.0 Å². The molecule has 1 aliphatic heterocycles. The van der Waals surface area contributed by atoms with E-state index >= 15 is 0 Å². The number of fused-ring (bicyclic) bond motifs is 1. The SMILES string of the molecule is CCCCOCCCNC(=O)[C@@H]1c2ccccc2C(=O)N(CCOC)C12CCCCC2. The lowest BCUT2D eigenvalue weighted by Gasteiger charge is -2.53. The van der Waals surface area contributed by atoms with Gasteiger partial charge < -0.3 is 19.7 Å². The number of nitrogens with zero attached hydrogens (tertiary/aromatic N) is 1. The van der Waals surface area contributed by atoms with Gasteiger partial charge in [0.25, 0.3) is 5.91 Å². The average Bonchev–Trinajstić information content (AvgIpc) is 2.79. The van der Waals surface area contributed by atoms with Crippen LogP contribution < -0.4 is 5.32 Å². The second-order valence-electron chi connectivity index (χ2n) is 8.74. The number of rotatable bonds is 11. The van der Waals surface area contributed by atoms with Gasteiger partial charge >= 0.3 is 0 Å². The van der Waals surface area contributed by atoms with Crippen molar-refractivity contribution in [3.63, 3.8) is 0 Å². The van der Waals surface area contributed by atoms with E-state index in [4.69, 9.17) is 9.47 Å². The highest BCUT2D eigenvalue weighted by Gasteiger charge is 2.54. The number of methoxy groups -OCH3 is 1. The smallest absolute Gasteiger partial charge is 0.254 e. The molecule has 6 nitrogen and oxygen atoms in total. The first-order chi connectivity index (χ1) is 15.2. The molecule has 0 radical (unpaired) electrons. The van der Waals surface area contributed by atoms with Crippen LogP contribution >= 0.6 is 0 Å². The summed E-state index contributed by atoms with van der Waals surface area (Å²) in [4.78, 5) is 29.0. The van der Waals surface area contributed by atoms with Crippen LogP contribution in [0.2, 0.25) is 0 Å². The molecule has 1 spiro atoms. The topological polar surface area (TPSA) is 67.9 Å². The zero-order valence-electron chi connectivity index (χ0n) is 19.2. The Labute approximate surface area is 186 Å². The van der Waals surface area contributed by atoms with Crippen molar-refractivity contribution in [1.82, 2.24) is 10.2 Å². The molecule has 1 atom stereocenters. The molecule has 0 unspecified atom stereocenters. The summed E-state index contributed by atoms with van der Waals surface area (Å²) in [6.45, 7) is 5.15. The molecule has 3 rings (SSSR count). The number of benzene rings is 1. The van der Waals surface area contributed by atoms with Crippen LogP contribution in [0.3, 0.4) is 0 Å². The summed E-state index contributed by atoms with van der Waals surface area (Å²) in [5, 5.41) is 3.16. The second kappa shape index (κ2) is 11.6. The van der Waals surface area contributed by atoms with Crippen LogP contribution in [0.5, 0.6) is 0 Å². The Hall–Kier alpha value is -1.92. The van der Waals surface area contributed by atoms with E-state index in [9.17, 15) is 9.59 Å². The first-order valence-electron chi connectivity index (χ1n) is 11.9. The van der Waals surface area contributed by atoms with Crippen molar-refractivity contribution in [1.29, 1.82) is 0 Å². The van der Waals surface area contributed by atoms with Gasteiger partial charge in [-0.1, -0.05) is 50.8 Å². The van der Waals surface area contributed by atoms with Gasteiger partial charge in [-0.2, -0.15) is 0 Å². The molecular weight excluding hydrogens is 392 g/mol. The minimum Gasteiger partial charge on any atom is -0.383 e. The van der Waals surface area contributed by atoms with Crippen molar-refractivity contribution in [3.8, 4) is 0 Å². The first kappa shape index (κ1) is 23.7. The molecule has 172 valence electrons. The lowest BCUT2D eigenvalue weighted by molar-refractivity contribution is -0.127. The van der Waals surface area contributed by atoms with E-state index in [0.29, 0.717) is 31.9 Å². The maximum atomic E-state index is 13.6. The lowest BCUT2D eigenvalue weighted by atomic mass is 9.65. The Bertz CT molecular complexity index is 730. The first-order valence-corrected chi connectivity index (χ1v) is 11.9. The molecule has 2 aliphatic rings. The highest BCUT2D eigenvalue weighted by molar-refractivity contribution is 6.02. The number of carbonyl (C=O) groups excluding carboxylic acids is 2. The summed E-state index contributed by atoms with van der Waals surface area (Å²) in [7, 11) is 1.66. The number of nitrogens with one attached hydrogen (secondary N) is 1. The van der Waals surface area contributed by atoms with E-state index in [-0.39, 0.29) is 17.7 Å². The maximum Gasteiger partial charge on any atom is 0.254 e. The molecule has 0 aromatic heterocycles. The monoisotopic (exact) mass is 430 g/mol. The average molecular weight is 431 g/mol. The van der Waals surface area contributed by atoms with Crippen LogP contribution in [-0.2, 0) is 14.3 Å². The second-order valence-corrected chi connectivity index (χ2v) is 8.74. The number of carbonyl (C=O) groups is 2. The third-order valence-electron chi connectivity index (χ3n) is 6.73. The number of unbranched alkanes of at least 4 members (excludes halogenated alkanes) is 1. The van der Waals surface area contributed by atoms with Crippen LogP contribution in [-0.4, -0.2) is 62.3 Å². The minimum atomic E-state index is -0.468. The molecule has 1 aromatic rings. The highest BCUT2D eigenvalue weighted by Crippen LogP contribution is 2.49. The van der Waals surface area contributed by atoms with Crippen molar-refractivity contribution in [2.45, 2.75) is 69.7 Å². The van der Waals surface area contributed by atoms with Gasteiger partial charge in [-0.3, -0.25) is 9.59 Å². The van der Waals surface area contributed by atoms with Crippen molar-refractivity contribution >= 4 is 11.8 Å². The fourth-order valence-electron chi connectivity index (χ4n) is 5.19. The summed E-state index contributed by atoms with van der Waals surface area (Å²) in [5.74, 6) is -0.291. The van der Waals surface area contributed by atoms with E-state index in [1.54, 1.807) is 7.11 Å². The zero-order valence-corrected chi connectivity index (χ0v) is 19.2. The summed E-state index contributed by atoms with van der Waals surface area (Å²) in [5.41, 5.74) is 1.06. The summed E-state index contributed by atoms with van der Waals surface area (Å²) in [6, 6.07) is 7.65. The summed E-state index contributed by atoms with van der Waals surface area (Å²) in [6.07, 6.45) is 7.92. The van der Waals surface area contributed by atoms with Gasteiger partial charge in [-0.15, -0.1) is 0 Å². The van der Waals surface area contributed by atoms with Crippen LogP contribution in [0.25, 0.3) is 0 Å². The Balaban J connectivity index is 1.81. The molecule has 31 heavy (non-hydrogen) atoms. The molecule has 2 amide bonds. The fourth-order valence-corrected chi connectivity index (χ4v) is 5.19. The summed E-state index contributed by atoms with van der Waals surface area (Å²) >= 11 is 0. The Kier molecular flexibility index (Phi) is 8.90. The Morgan fingerprint density at radius 3 is 2.61 bits per heavy atom. The van der Waals surface area contributed by atoms with Crippen molar-refractivity contribution in [3.05, 3.63) is 35.4 Å². The maximum absolute atomic E-state index is 13.6. The van der Waals surface area contributed by atoms with Crippen LogP contribution in [0.15, 0.2) is 24.3 Å². The number of amides is 2. The molecule has 1 saturated carbocycles. The van der Waals surface area contributed by atoms with Gasteiger partial charge in [-0.05, 0) is 37.3 Å². The number of ether oxygens (including phenoxy) is 2. The molecule has 1 heterocycles. The van der Waals surface area contributed by atoms with E-state index in [1.165, 1.54) is 0 Å². The van der Waals surface area contributed by atoms with Gasteiger partial charge in [0.2, 0.25) is 5.91 Å². The van der Waals surface area contributed by atoms with Crippen molar-refractivity contribution in [2.75, 3.05) is 40.0 Å². The number of hydrogen-bond acceptors (Lipinski definition) is 4. The van der Waals surface area contributed by atoms with Crippen LogP contribution in [0, 0.1) is 0 Å². The summed E-state index contributed by atoms with van der Waals surface area (Å²) < 4.78 is 10.9. The van der Waals surface area contributed by atoms with Crippen molar-refractivity contribution in [2.24, 2.45) is 0 Å². The van der Waals surface area contributed by atoms with E-state index in [0.717, 1.165) is 63.5 Å². The Morgan fingerprint density at radius 2 is 1.87 bits per heavy atom. The quantitative estimate of drug-likeness (QED) is 0.541. The Morgan fingerprint density at radius 1 is 1.13 bits per heavy atom. The zero-order chi connectivity index (χ0) is 22.1. The minimum absolute atomic E-state index is 0.0258. The predicted octanol–water partition coefficient (Wildman–Crippen LogP) is 3.90. The molecule has 1 aromatic carbocycles. The van der Waals surface area contributed by atoms with Crippen molar-refractivity contribution < 1.29 is 19.1 Å². The molecular formula is C25H38N2O4. The number of hydrogen-bond donors (Lipinski definition) is 1. The van der Waals surface area contributed by atoms with E-state index in [2.05, 4.69) is 12.2 Å². The molecule has 0 saturated heterocycles. The standard InChI is InChI=1S/C25H38N2O4/c1-3-4-17-31-18-10-15-26-23(28)22-20-11-6-7-12-21(20)24(29)27(16-19-30-2)25(22)13-8-5-9-14-25/h6-7,11-12,22H,3-5,8-10,13-19H2,1-2H3,(H,26,28)/t22-/m0/s1.